The molecule has 5 aromatic rings. The summed E-state index contributed by atoms with van der Waals surface area (Å²) >= 11 is 0. The molecule has 1 aromatic heterocycles. The van der Waals surface area contributed by atoms with Crippen LogP contribution in [0.2, 0.25) is 0 Å². The maximum Gasteiger partial charge on any atom is 0.0701 e. The van der Waals surface area contributed by atoms with Gasteiger partial charge in [-0.25, -0.2) is 0 Å². The molecule has 4 aromatic carbocycles. The molecule has 3 nitrogen and oxygen atoms in total. The first-order valence-electron chi connectivity index (χ1n) is 10.8. The fraction of sp³-hybridized carbons (Fsp3) is 0.107. The maximum atomic E-state index is 5.13. The van der Waals surface area contributed by atoms with Crippen molar-refractivity contribution in [1.29, 1.82) is 0 Å². The van der Waals surface area contributed by atoms with Crippen LogP contribution in [-0.2, 0) is 6.54 Å². The van der Waals surface area contributed by atoms with Gasteiger partial charge in [0.05, 0.1) is 23.6 Å². The average Bonchev–Trinajstić information content (AvgIpc) is 3.35. The van der Waals surface area contributed by atoms with E-state index in [1.54, 1.807) is 0 Å². The third-order valence-corrected chi connectivity index (χ3v) is 6.22. The topological polar surface area (TPSA) is 20.5 Å². The number of fused-ring (bicyclic) bond motifs is 4. The summed E-state index contributed by atoms with van der Waals surface area (Å²) in [6, 6.07) is 34.4. The van der Waals surface area contributed by atoms with E-state index in [1.165, 1.54) is 38.7 Å². The molecule has 0 atom stereocenters. The summed E-state index contributed by atoms with van der Waals surface area (Å²) in [6.07, 6.45) is 0. The van der Waals surface area contributed by atoms with Crippen molar-refractivity contribution in [3.8, 4) is 0 Å². The molecular weight excluding hydrogens is 378 g/mol. The molecule has 6 rings (SSSR count). The van der Waals surface area contributed by atoms with Gasteiger partial charge in [0.15, 0.2) is 0 Å². The number of hydrogen-bond acceptors (Lipinski definition) is 2. The molecular formula is C28H23N3. The largest absolute Gasteiger partial charge is 0.341 e. The van der Waals surface area contributed by atoms with Crippen molar-refractivity contribution in [1.82, 2.24) is 4.57 Å². The molecule has 0 unspecified atom stereocenters. The van der Waals surface area contributed by atoms with Crippen LogP contribution in [-0.4, -0.2) is 16.8 Å². The third kappa shape index (κ3) is 2.85. The summed E-state index contributed by atoms with van der Waals surface area (Å²) in [4.78, 5) is 7.48. The summed E-state index contributed by atoms with van der Waals surface area (Å²) in [5, 5.41) is 2.56. The van der Waals surface area contributed by atoms with Crippen LogP contribution in [0, 0.1) is 0 Å². The Hall–Kier alpha value is -3.85. The number of benzene rings is 4. The molecule has 0 spiro atoms. The highest BCUT2D eigenvalue weighted by molar-refractivity contribution is 6.15. The first kappa shape index (κ1) is 18.0. The van der Waals surface area contributed by atoms with Crippen LogP contribution in [0.25, 0.3) is 21.8 Å². The van der Waals surface area contributed by atoms with Gasteiger partial charge in [0.25, 0.3) is 0 Å². The molecule has 0 radical (unpaired) electrons. The Kier molecular flexibility index (Phi) is 4.13. The standard InChI is InChI=1S/C28H23N3/c1-2-30-26-14-8-6-12-22(26)24-18-20(16-17-28(24)30)29-25-19-31(21-10-4-3-5-11-21)27-15-9-7-13-23(25)27/h3-18H,2,19H2,1H3. The second kappa shape index (κ2) is 7.13. The van der Waals surface area contributed by atoms with Gasteiger partial charge < -0.3 is 9.47 Å². The molecule has 0 aliphatic carbocycles. The molecule has 3 heteroatoms. The van der Waals surface area contributed by atoms with E-state index < -0.39 is 0 Å². The van der Waals surface area contributed by atoms with E-state index in [0.29, 0.717) is 0 Å². The Labute approximate surface area is 181 Å². The van der Waals surface area contributed by atoms with Gasteiger partial charge in [-0.15, -0.1) is 0 Å². The van der Waals surface area contributed by atoms with E-state index in [4.69, 9.17) is 4.99 Å². The monoisotopic (exact) mass is 401 g/mol. The minimum atomic E-state index is 0.776. The van der Waals surface area contributed by atoms with Crippen molar-refractivity contribution in [2.75, 3.05) is 11.4 Å². The molecule has 0 amide bonds. The fourth-order valence-electron chi connectivity index (χ4n) is 4.81. The third-order valence-electron chi connectivity index (χ3n) is 6.22. The number of aliphatic imine (C=N–C) groups is 1. The normalized spacial score (nSPS) is 14.6. The molecule has 0 saturated carbocycles. The van der Waals surface area contributed by atoms with Crippen LogP contribution in [0.3, 0.4) is 0 Å². The minimum Gasteiger partial charge on any atom is -0.341 e. The van der Waals surface area contributed by atoms with E-state index in [2.05, 4.69) is 113 Å². The zero-order valence-corrected chi connectivity index (χ0v) is 17.5. The number of aryl methyl sites for hydroxylation is 1. The Morgan fingerprint density at radius 3 is 2.35 bits per heavy atom. The van der Waals surface area contributed by atoms with Crippen molar-refractivity contribution in [2.45, 2.75) is 13.5 Å². The highest BCUT2D eigenvalue weighted by Crippen LogP contribution is 2.36. The van der Waals surface area contributed by atoms with E-state index in [0.717, 1.165) is 24.5 Å². The molecule has 0 bridgehead atoms. The van der Waals surface area contributed by atoms with Crippen LogP contribution in [0.4, 0.5) is 17.1 Å². The second-order valence-electron chi connectivity index (χ2n) is 7.96. The Morgan fingerprint density at radius 2 is 1.48 bits per heavy atom. The number of para-hydroxylation sites is 3. The average molecular weight is 402 g/mol. The van der Waals surface area contributed by atoms with Gasteiger partial charge in [0, 0.05) is 39.6 Å². The highest BCUT2D eigenvalue weighted by atomic mass is 15.2. The zero-order chi connectivity index (χ0) is 20.8. The summed E-state index contributed by atoms with van der Waals surface area (Å²) < 4.78 is 2.38. The number of nitrogens with zero attached hydrogens (tertiary/aromatic N) is 3. The molecule has 0 saturated heterocycles. The predicted octanol–water partition coefficient (Wildman–Crippen LogP) is 7.09. The summed E-state index contributed by atoms with van der Waals surface area (Å²) in [5.41, 5.74) is 8.29. The quantitative estimate of drug-likeness (QED) is 0.316. The number of aromatic nitrogens is 1. The number of rotatable bonds is 3. The molecule has 1 aliphatic rings. The SMILES string of the molecule is CCn1c2ccccc2c2cc(N=C3CN(c4ccccc4)c4ccccc43)ccc21. The van der Waals surface area contributed by atoms with Gasteiger partial charge in [-0.05, 0) is 49.4 Å². The molecule has 31 heavy (non-hydrogen) atoms. The summed E-state index contributed by atoms with van der Waals surface area (Å²) in [7, 11) is 0. The molecule has 0 fully saturated rings. The van der Waals surface area contributed by atoms with Crippen molar-refractivity contribution < 1.29 is 0 Å². The zero-order valence-electron chi connectivity index (χ0n) is 17.5. The molecule has 0 N–H and O–H groups in total. The molecule has 2 heterocycles. The summed E-state index contributed by atoms with van der Waals surface area (Å²) in [5.74, 6) is 0. The lowest BCUT2D eigenvalue weighted by Gasteiger charge is -2.18. The van der Waals surface area contributed by atoms with E-state index in [-0.39, 0.29) is 0 Å². The lowest BCUT2D eigenvalue weighted by Crippen LogP contribution is -2.16. The van der Waals surface area contributed by atoms with Gasteiger partial charge in [0.1, 0.15) is 0 Å². The van der Waals surface area contributed by atoms with Crippen molar-refractivity contribution in [2.24, 2.45) is 4.99 Å². The Morgan fingerprint density at radius 1 is 0.742 bits per heavy atom. The Balaban J connectivity index is 1.48. The van der Waals surface area contributed by atoms with E-state index >= 15 is 0 Å². The van der Waals surface area contributed by atoms with Gasteiger partial charge in [-0.1, -0.05) is 54.6 Å². The van der Waals surface area contributed by atoms with Crippen LogP contribution >= 0.6 is 0 Å². The predicted molar refractivity (Wildman–Crippen MR) is 131 cm³/mol. The second-order valence-corrected chi connectivity index (χ2v) is 7.96. The van der Waals surface area contributed by atoms with Crippen LogP contribution in [0.5, 0.6) is 0 Å². The fourth-order valence-corrected chi connectivity index (χ4v) is 4.81. The first-order valence-corrected chi connectivity index (χ1v) is 10.8. The Bertz CT molecular complexity index is 1440. The van der Waals surface area contributed by atoms with Gasteiger partial charge >= 0.3 is 0 Å². The lowest BCUT2D eigenvalue weighted by molar-refractivity contribution is 0.827. The van der Waals surface area contributed by atoms with Crippen LogP contribution in [0.15, 0.2) is 102 Å². The van der Waals surface area contributed by atoms with E-state index in [9.17, 15) is 0 Å². The van der Waals surface area contributed by atoms with Crippen molar-refractivity contribution in [3.05, 3.63) is 103 Å². The number of hydrogen-bond donors (Lipinski definition) is 0. The lowest BCUT2D eigenvalue weighted by atomic mass is 10.1. The summed E-state index contributed by atoms with van der Waals surface area (Å²) in [6.45, 7) is 3.93. The van der Waals surface area contributed by atoms with Crippen molar-refractivity contribution >= 4 is 44.6 Å². The first-order chi connectivity index (χ1) is 15.3. The van der Waals surface area contributed by atoms with Crippen LogP contribution in [0.1, 0.15) is 12.5 Å². The van der Waals surface area contributed by atoms with Crippen LogP contribution < -0.4 is 4.90 Å². The van der Waals surface area contributed by atoms with Gasteiger partial charge in [0.2, 0.25) is 0 Å². The maximum absolute atomic E-state index is 5.13. The smallest absolute Gasteiger partial charge is 0.0701 e. The van der Waals surface area contributed by atoms with Crippen molar-refractivity contribution in [3.63, 3.8) is 0 Å². The number of anilines is 2. The van der Waals surface area contributed by atoms with Gasteiger partial charge in [-0.2, -0.15) is 0 Å². The minimum absolute atomic E-state index is 0.776. The van der Waals surface area contributed by atoms with Gasteiger partial charge in [-0.3, -0.25) is 4.99 Å². The molecule has 1 aliphatic heterocycles. The van der Waals surface area contributed by atoms with E-state index in [1.807, 2.05) is 0 Å². The molecule has 150 valence electrons. The highest BCUT2D eigenvalue weighted by Gasteiger charge is 2.25.